The lowest BCUT2D eigenvalue weighted by molar-refractivity contribution is -0.143. The zero-order valence-electron chi connectivity index (χ0n) is 20.6. The van der Waals surface area contributed by atoms with Gasteiger partial charge in [-0.3, -0.25) is 9.59 Å². The SMILES string of the molecule is CCOC(=O)Cn1c(=NC(=O)c2ccc(S(=O)(=O)N3C[C@@H](C)O[C@H](C)C3)cc2)sc2cc(C)ccc21. The molecule has 1 amide bonds. The molecule has 4 rings (SSSR count). The van der Waals surface area contributed by atoms with Gasteiger partial charge in [0, 0.05) is 18.7 Å². The number of sulfonamides is 1. The monoisotopic (exact) mass is 531 g/mol. The number of benzene rings is 2. The maximum Gasteiger partial charge on any atom is 0.326 e. The minimum atomic E-state index is -3.72. The number of carbonyl (C=O) groups is 2. The molecule has 0 saturated carbocycles. The predicted octanol–water partition coefficient (Wildman–Crippen LogP) is 3.11. The second-order valence-corrected chi connectivity index (χ2v) is 11.7. The molecule has 0 bridgehead atoms. The summed E-state index contributed by atoms with van der Waals surface area (Å²) in [7, 11) is -3.72. The Morgan fingerprint density at radius 1 is 1.11 bits per heavy atom. The van der Waals surface area contributed by atoms with Crippen molar-refractivity contribution in [2.24, 2.45) is 4.99 Å². The Kier molecular flexibility index (Phi) is 7.74. The third kappa shape index (κ3) is 5.59. The molecule has 0 unspecified atom stereocenters. The van der Waals surface area contributed by atoms with Gasteiger partial charge in [-0.15, -0.1) is 0 Å². The van der Waals surface area contributed by atoms with Gasteiger partial charge in [-0.05, 0) is 69.7 Å². The van der Waals surface area contributed by atoms with Crippen molar-refractivity contribution in [1.29, 1.82) is 0 Å². The van der Waals surface area contributed by atoms with Crippen molar-refractivity contribution in [3.63, 3.8) is 0 Å². The fourth-order valence-corrected chi connectivity index (χ4v) is 6.87. The summed E-state index contributed by atoms with van der Waals surface area (Å²) in [6, 6.07) is 11.5. The van der Waals surface area contributed by atoms with Crippen molar-refractivity contribution in [3.8, 4) is 0 Å². The van der Waals surface area contributed by atoms with Crippen LogP contribution in [0.5, 0.6) is 0 Å². The molecule has 0 spiro atoms. The Morgan fingerprint density at radius 2 is 1.78 bits per heavy atom. The van der Waals surface area contributed by atoms with E-state index in [1.165, 1.54) is 39.9 Å². The Balaban J connectivity index is 1.64. The Bertz CT molecular complexity index is 1450. The van der Waals surface area contributed by atoms with Gasteiger partial charge in [0.2, 0.25) is 10.0 Å². The maximum atomic E-state index is 13.1. The van der Waals surface area contributed by atoms with Crippen LogP contribution in [0.3, 0.4) is 0 Å². The second kappa shape index (κ2) is 10.6. The summed E-state index contributed by atoms with van der Waals surface area (Å²) >= 11 is 1.30. The molecule has 11 heteroatoms. The summed E-state index contributed by atoms with van der Waals surface area (Å²) < 4.78 is 40.9. The molecular formula is C25H29N3O6S2. The number of ether oxygens (including phenoxy) is 2. The van der Waals surface area contributed by atoms with Gasteiger partial charge < -0.3 is 14.0 Å². The number of rotatable bonds is 6. The summed E-state index contributed by atoms with van der Waals surface area (Å²) in [5, 5.41) is 0. The molecule has 0 aliphatic carbocycles. The Hall–Kier alpha value is -2.86. The normalized spacial score (nSPS) is 19.5. The molecule has 1 saturated heterocycles. The van der Waals surface area contributed by atoms with E-state index in [0.717, 1.165) is 15.8 Å². The molecular weight excluding hydrogens is 502 g/mol. The van der Waals surface area contributed by atoms with Crippen molar-refractivity contribution in [2.45, 2.75) is 51.3 Å². The topological polar surface area (TPSA) is 107 Å². The number of aromatic nitrogens is 1. The van der Waals surface area contributed by atoms with E-state index in [2.05, 4.69) is 4.99 Å². The first kappa shape index (κ1) is 26.2. The molecule has 2 atom stereocenters. The highest BCUT2D eigenvalue weighted by molar-refractivity contribution is 7.89. The zero-order chi connectivity index (χ0) is 26.0. The maximum absolute atomic E-state index is 13.1. The molecule has 1 aromatic heterocycles. The molecule has 0 N–H and O–H groups in total. The van der Waals surface area contributed by atoms with Crippen molar-refractivity contribution in [2.75, 3.05) is 19.7 Å². The molecule has 1 aliphatic rings. The van der Waals surface area contributed by atoms with E-state index in [1.54, 1.807) is 11.5 Å². The number of fused-ring (bicyclic) bond motifs is 1. The van der Waals surface area contributed by atoms with Crippen LogP contribution in [0.25, 0.3) is 10.2 Å². The Morgan fingerprint density at radius 3 is 2.42 bits per heavy atom. The van der Waals surface area contributed by atoms with Crippen LogP contribution >= 0.6 is 11.3 Å². The van der Waals surface area contributed by atoms with Gasteiger partial charge in [-0.1, -0.05) is 17.4 Å². The smallest absolute Gasteiger partial charge is 0.326 e. The van der Waals surface area contributed by atoms with Crippen molar-refractivity contribution >= 4 is 43.5 Å². The minimum absolute atomic E-state index is 0.0728. The number of nitrogens with zero attached hydrogens (tertiary/aromatic N) is 3. The van der Waals surface area contributed by atoms with E-state index in [0.29, 0.717) is 4.80 Å². The number of esters is 1. The molecule has 9 nitrogen and oxygen atoms in total. The summed E-state index contributed by atoms with van der Waals surface area (Å²) in [6.45, 7) is 8.10. The number of morpholine rings is 1. The fraction of sp³-hybridized carbons (Fsp3) is 0.400. The summed E-state index contributed by atoms with van der Waals surface area (Å²) in [6.07, 6.45) is -0.399. The lowest BCUT2D eigenvalue weighted by Crippen LogP contribution is -2.48. The van der Waals surface area contributed by atoms with Crippen LogP contribution in [0.15, 0.2) is 52.4 Å². The second-order valence-electron chi connectivity index (χ2n) is 8.77. The van der Waals surface area contributed by atoms with Crippen LogP contribution in [0, 0.1) is 6.92 Å². The van der Waals surface area contributed by atoms with Gasteiger partial charge in [0.15, 0.2) is 4.80 Å². The van der Waals surface area contributed by atoms with Gasteiger partial charge in [-0.25, -0.2) is 8.42 Å². The van der Waals surface area contributed by atoms with Gasteiger partial charge in [0.05, 0.1) is 33.9 Å². The van der Waals surface area contributed by atoms with Crippen LogP contribution in [0.2, 0.25) is 0 Å². The van der Waals surface area contributed by atoms with Crippen LogP contribution in [0.1, 0.15) is 36.7 Å². The van der Waals surface area contributed by atoms with Gasteiger partial charge in [0.1, 0.15) is 6.54 Å². The number of hydrogen-bond donors (Lipinski definition) is 0. The number of thiazole rings is 1. The zero-order valence-corrected chi connectivity index (χ0v) is 22.3. The van der Waals surface area contributed by atoms with E-state index < -0.39 is 21.9 Å². The Labute approximate surface area is 214 Å². The lowest BCUT2D eigenvalue weighted by atomic mass is 10.2. The standard InChI is InChI=1S/C25H29N3O6S2/c1-5-33-23(29)15-28-21-11-6-16(2)12-22(21)35-25(28)26-24(30)19-7-9-20(10-8-19)36(31,32)27-13-17(3)34-18(4)14-27/h6-12,17-18H,5,13-15H2,1-4H3/t17-,18-/m1/s1. The van der Waals surface area contributed by atoms with Crippen LogP contribution in [-0.4, -0.2) is 61.1 Å². The van der Waals surface area contributed by atoms with Gasteiger partial charge >= 0.3 is 5.97 Å². The molecule has 2 aromatic carbocycles. The average Bonchev–Trinajstić information content (AvgIpc) is 3.14. The molecule has 1 aliphatic heterocycles. The first-order valence-electron chi connectivity index (χ1n) is 11.7. The average molecular weight is 532 g/mol. The molecule has 1 fully saturated rings. The van der Waals surface area contributed by atoms with Crippen molar-refractivity contribution in [3.05, 3.63) is 58.4 Å². The third-order valence-electron chi connectivity index (χ3n) is 5.75. The lowest BCUT2D eigenvalue weighted by Gasteiger charge is -2.34. The minimum Gasteiger partial charge on any atom is -0.465 e. The first-order valence-corrected chi connectivity index (χ1v) is 13.9. The molecule has 192 valence electrons. The first-order chi connectivity index (χ1) is 17.1. The number of aryl methyl sites for hydroxylation is 1. The van der Waals surface area contributed by atoms with Crippen molar-refractivity contribution < 1.29 is 27.5 Å². The summed E-state index contributed by atoms with van der Waals surface area (Å²) in [5.74, 6) is -0.957. The van der Waals surface area contributed by atoms with E-state index in [4.69, 9.17) is 9.47 Å². The largest absolute Gasteiger partial charge is 0.465 e. The van der Waals surface area contributed by atoms with Gasteiger partial charge in [0.25, 0.3) is 5.91 Å². The third-order valence-corrected chi connectivity index (χ3v) is 8.64. The number of hydrogen-bond acceptors (Lipinski definition) is 7. The van der Waals surface area contributed by atoms with Crippen molar-refractivity contribution in [1.82, 2.24) is 8.87 Å². The van der Waals surface area contributed by atoms with E-state index in [-0.39, 0.29) is 48.9 Å². The van der Waals surface area contributed by atoms with E-state index in [1.807, 2.05) is 39.0 Å². The van der Waals surface area contributed by atoms with Crippen LogP contribution in [0.4, 0.5) is 0 Å². The van der Waals surface area contributed by atoms with Crippen LogP contribution < -0.4 is 4.80 Å². The van der Waals surface area contributed by atoms with Gasteiger partial charge in [-0.2, -0.15) is 9.30 Å². The van der Waals surface area contributed by atoms with E-state index >= 15 is 0 Å². The van der Waals surface area contributed by atoms with Crippen LogP contribution in [-0.2, 0) is 30.8 Å². The molecule has 2 heterocycles. The highest BCUT2D eigenvalue weighted by Crippen LogP contribution is 2.22. The quantitative estimate of drug-likeness (QED) is 0.453. The number of amides is 1. The highest BCUT2D eigenvalue weighted by atomic mass is 32.2. The number of carbonyl (C=O) groups excluding carboxylic acids is 2. The molecule has 36 heavy (non-hydrogen) atoms. The highest BCUT2D eigenvalue weighted by Gasteiger charge is 2.32. The fourth-order valence-electron chi connectivity index (χ4n) is 4.15. The molecule has 0 radical (unpaired) electrons. The predicted molar refractivity (Wildman–Crippen MR) is 136 cm³/mol. The molecule has 3 aromatic rings. The summed E-state index contributed by atoms with van der Waals surface area (Å²) in [4.78, 5) is 29.9. The summed E-state index contributed by atoms with van der Waals surface area (Å²) in [5.41, 5.74) is 2.07. The van der Waals surface area contributed by atoms with E-state index in [9.17, 15) is 18.0 Å².